The van der Waals surface area contributed by atoms with Gasteiger partial charge >= 0.3 is 11.9 Å². The van der Waals surface area contributed by atoms with Crippen molar-refractivity contribution >= 4 is 11.9 Å². The molecule has 0 radical (unpaired) electrons. The Balaban J connectivity index is 3.30. The van der Waals surface area contributed by atoms with Gasteiger partial charge in [0.2, 0.25) is 0 Å². The maximum absolute atomic E-state index is 12.1. The Kier molecular flexibility index (Phi) is 4.89. The van der Waals surface area contributed by atoms with E-state index in [2.05, 4.69) is 0 Å². The summed E-state index contributed by atoms with van der Waals surface area (Å²) in [4.78, 5) is 23.7. The van der Waals surface area contributed by atoms with Crippen LogP contribution in [-0.2, 0) is 19.7 Å². The van der Waals surface area contributed by atoms with Crippen LogP contribution < -0.4 is 0 Å². The van der Waals surface area contributed by atoms with E-state index < -0.39 is 17.4 Å². The van der Waals surface area contributed by atoms with Crippen LogP contribution in [0.5, 0.6) is 0 Å². The molecule has 1 aromatic rings. The van der Waals surface area contributed by atoms with E-state index in [4.69, 9.17) is 4.74 Å². The van der Waals surface area contributed by atoms with Crippen molar-refractivity contribution in [2.75, 3.05) is 6.61 Å². The van der Waals surface area contributed by atoms with E-state index in [1.54, 1.807) is 37.3 Å². The molecule has 0 aliphatic rings. The highest BCUT2D eigenvalue weighted by Crippen LogP contribution is 2.31. The van der Waals surface area contributed by atoms with Gasteiger partial charge in [0.1, 0.15) is 0 Å². The number of aliphatic carboxylic acids is 1. The van der Waals surface area contributed by atoms with Crippen LogP contribution in [0.1, 0.15) is 32.3 Å². The normalized spacial score (nSPS) is 13.7. The lowest BCUT2D eigenvalue weighted by atomic mass is 9.77. The van der Waals surface area contributed by atoms with E-state index in [9.17, 15) is 14.7 Å². The van der Waals surface area contributed by atoms with E-state index in [0.717, 1.165) is 0 Å². The van der Waals surface area contributed by atoms with Gasteiger partial charge in [-0.05, 0) is 18.9 Å². The summed E-state index contributed by atoms with van der Waals surface area (Å²) in [6.07, 6.45) is 0.811. The summed E-state index contributed by atoms with van der Waals surface area (Å²) in [5.41, 5.74) is -1.12. The highest BCUT2D eigenvalue weighted by atomic mass is 16.5. The predicted molar refractivity (Wildman–Crippen MR) is 67.3 cm³/mol. The lowest BCUT2D eigenvalue weighted by molar-refractivity contribution is -0.162. The molecule has 1 unspecified atom stereocenters. The number of carbonyl (C=O) groups is 2. The first-order valence-electron chi connectivity index (χ1n) is 6.05. The van der Waals surface area contributed by atoms with Gasteiger partial charge in [-0.25, -0.2) is 0 Å². The number of hydrogen-bond acceptors (Lipinski definition) is 3. The summed E-state index contributed by atoms with van der Waals surface area (Å²) in [5, 5.41) is 9.50. The molecule has 1 aromatic carbocycles. The number of esters is 1. The lowest BCUT2D eigenvalue weighted by Gasteiger charge is -2.27. The highest BCUT2D eigenvalue weighted by Gasteiger charge is 2.48. The Morgan fingerprint density at radius 1 is 1.22 bits per heavy atom. The smallest absolute Gasteiger partial charge is 0.328 e. The highest BCUT2D eigenvalue weighted by molar-refractivity contribution is 6.05. The minimum Gasteiger partial charge on any atom is -0.480 e. The molecule has 0 aliphatic heterocycles. The number of carboxylic acids is 1. The third kappa shape index (κ3) is 2.53. The summed E-state index contributed by atoms with van der Waals surface area (Å²) in [6.45, 7) is 3.69. The second kappa shape index (κ2) is 6.19. The molecule has 0 aromatic heterocycles. The van der Waals surface area contributed by atoms with Gasteiger partial charge in [-0.15, -0.1) is 0 Å². The van der Waals surface area contributed by atoms with Crippen molar-refractivity contribution in [3.8, 4) is 0 Å². The molecule has 0 saturated carbocycles. The molecule has 4 heteroatoms. The SMILES string of the molecule is CCCC(C(=O)O)(C(=O)OCC)c1ccccc1. The number of hydrogen-bond donors (Lipinski definition) is 1. The zero-order valence-corrected chi connectivity index (χ0v) is 10.7. The van der Waals surface area contributed by atoms with Gasteiger partial charge in [0.05, 0.1) is 6.61 Å². The van der Waals surface area contributed by atoms with Gasteiger partial charge in [0, 0.05) is 0 Å². The van der Waals surface area contributed by atoms with Crippen LogP contribution in [-0.4, -0.2) is 23.7 Å². The molecule has 4 nitrogen and oxygen atoms in total. The standard InChI is InChI=1S/C14H18O4/c1-3-10-14(12(15)16,13(17)18-4-2)11-8-6-5-7-9-11/h5-9H,3-4,10H2,1-2H3,(H,15,16). The fourth-order valence-electron chi connectivity index (χ4n) is 2.03. The molecule has 1 N–H and O–H groups in total. The summed E-state index contributed by atoms with van der Waals surface area (Å²) >= 11 is 0. The van der Waals surface area contributed by atoms with Crippen molar-refractivity contribution in [1.82, 2.24) is 0 Å². The van der Waals surface area contributed by atoms with Crippen LogP contribution in [0.15, 0.2) is 30.3 Å². The average Bonchev–Trinajstić information content (AvgIpc) is 2.36. The number of rotatable bonds is 6. The Labute approximate surface area is 107 Å². The average molecular weight is 250 g/mol. The third-order valence-corrected chi connectivity index (χ3v) is 2.88. The van der Waals surface area contributed by atoms with Gasteiger partial charge in [-0.1, -0.05) is 43.7 Å². The maximum atomic E-state index is 12.1. The van der Waals surface area contributed by atoms with Crippen LogP contribution >= 0.6 is 0 Å². The van der Waals surface area contributed by atoms with Crippen LogP contribution in [0.3, 0.4) is 0 Å². The molecule has 0 spiro atoms. The third-order valence-electron chi connectivity index (χ3n) is 2.88. The number of carbonyl (C=O) groups excluding carboxylic acids is 1. The fourth-order valence-corrected chi connectivity index (χ4v) is 2.03. The number of ether oxygens (including phenoxy) is 1. The fraction of sp³-hybridized carbons (Fsp3) is 0.429. The first-order chi connectivity index (χ1) is 8.59. The molecule has 98 valence electrons. The predicted octanol–water partition coefficient (Wildman–Crippen LogP) is 2.37. The second-order valence-electron chi connectivity index (χ2n) is 4.05. The first-order valence-corrected chi connectivity index (χ1v) is 6.05. The molecule has 0 fully saturated rings. The summed E-state index contributed by atoms with van der Waals surface area (Å²) in [5.74, 6) is -1.85. The van der Waals surface area contributed by atoms with Crippen LogP contribution in [0.4, 0.5) is 0 Å². The van der Waals surface area contributed by atoms with E-state index in [-0.39, 0.29) is 13.0 Å². The molecule has 1 atom stereocenters. The minimum atomic E-state index is -1.59. The Morgan fingerprint density at radius 3 is 2.28 bits per heavy atom. The van der Waals surface area contributed by atoms with Gasteiger partial charge in [0.25, 0.3) is 0 Å². The van der Waals surface area contributed by atoms with E-state index in [1.807, 2.05) is 6.92 Å². The maximum Gasteiger partial charge on any atom is 0.328 e. The van der Waals surface area contributed by atoms with E-state index in [0.29, 0.717) is 12.0 Å². The van der Waals surface area contributed by atoms with Crippen molar-refractivity contribution in [3.05, 3.63) is 35.9 Å². The van der Waals surface area contributed by atoms with Crippen molar-refractivity contribution in [2.45, 2.75) is 32.1 Å². The Hall–Kier alpha value is -1.84. The van der Waals surface area contributed by atoms with Crippen LogP contribution in [0.25, 0.3) is 0 Å². The minimum absolute atomic E-state index is 0.171. The monoisotopic (exact) mass is 250 g/mol. The number of carboxylic acid groups (broad SMARTS) is 1. The van der Waals surface area contributed by atoms with Crippen molar-refractivity contribution < 1.29 is 19.4 Å². The molecule has 0 saturated heterocycles. The lowest BCUT2D eigenvalue weighted by Crippen LogP contribution is -2.45. The molecule has 1 rings (SSSR count). The topological polar surface area (TPSA) is 63.6 Å². The quantitative estimate of drug-likeness (QED) is 0.622. The molecule has 0 aliphatic carbocycles. The van der Waals surface area contributed by atoms with Gasteiger partial charge < -0.3 is 9.84 Å². The van der Waals surface area contributed by atoms with Gasteiger partial charge in [-0.2, -0.15) is 0 Å². The first kappa shape index (κ1) is 14.2. The van der Waals surface area contributed by atoms with Crippen LogP contribution in [0, 0.1) is 0 Å². The Bertz CT molecular complexity index is 413. The molecule has 0 bridgehead atoms. The van der Waals surface area contributed by atoms with Gasteiger partial charge in [0.15, 0.2) is 5.41 Å². The van der Waals surface area contributed by atoms with Gasteiger partial charge in [-0.3, -0.25) is 9.59 Å². The summed E-state index contributed by atoms with van der Waals surface area (Å²) in [6, 6.07) is 8.54. The molecule has 0 heterocycles. The largest absolute Gasteiger partial charge is 0.480 e. The zero-order chi connectivity index (χ0) is 13.6. The van der Waals surface area contributed by atoms with E-state index in [1.165, 1.54) is 0 Å². The Morgan fingerprint density at radius 2 is 1.83 bits per heavy atom. The molecule has 0 amide bonds. The van der Waals surface area contributed by atoms with Crippen LogP contribution in [0.2, 0.25) is 0 Å². The molecular weight excluding hydrogens is 232 g/mol. The molecule has 18 heavy (non-hydrogen) atoms. The second-order valence-corrected chi connectivity index (χ2v) is 4.05. The van der Waals surface area contributed by atoms with Crippen molar-refractivity contribution in [2.24, 2.45) is 0 Å². The summed E-state index contributed by atoms with van der Waals surface area (Å²) < 4.78 is 4.96. The van der Waals surface area contributed by atoms with E-state index >= 15 is 0 Å². The van der Waals surface area contributed by atoms with Crippen molar-refractivity contribution in [1.29, 1.82) is 0 Å². The van der Waals surface area contributed by atoms with Crippen molar-refractivity contribution in [3.63, 3.8) is 0 Å². The molecular formula is C14H18O4. The zero-order valence-electron chi connectivity index (χ0n) is 10.7. The number of benzene rings is 1. The summed E-state index contributed by atoms with van der Waals surface area (Å²) in [7, 11) is 0.